The van der Waals surface area contributed by atoms with Crippen molar-refractivity contribution in [3.63, 3.8) is 0 Å². The zero-order chi connectivity index (χ0) is 11.0. The van der Waals surface area contributed by atoms with Gasteiger partial charge in [-0.2, -0.15) is 8.78 Å². The summed E-state index contributed by atoms with van der Waals surface area (Å²) in [7, 11) is 0. The van der Waals surface area contributed by atoms with E-state index in [0.29, 0.717) is 5.56 Å². The number of ether oxygens (including phenoxy) is 1. The Balaban J connectivity index is 0. The van der Waals surface area contributed by atoms with E-state index in [1.54, 1.807) is 18.2 Å². The molecule has 4 heteroatoms. The van der Waals surface area contributed by atoms with Crippen molar-refractivity contribution in [2.24, 2.45) is 5.73 Å². The van der Waals surface area contributed by atoms with Gasteiger partial charge in [-0.05, 0) is 6.07 Å². The average molecular weight is 205 g/mol. The number of alkyl halides is 2. The Morgan fingerprint density at radius 3 is 2.43 bits per heavy atom. The zero-order valence-corrected chi connectivity index (χ0v) is 8.34. The van der Waals surface area contributed by atoms with Crippen molar-refractivity contribution in [1.82, 2.24) is 0 Å². The highest BCUT2D eigenvalue weighted by Crippen LogP contribution is 2.18. The van der Waals surface area contributed by atoms with Gasteiger partial charge >= 0.3 is 6.61 Å². The normalized spacial score (nSPS) is 9.29. The number of halogens is 2. The lowest BCUT2D eigenvalue weighted by molar-refractivity contribution is -0.0504. The highest BCUT2D eigenvalue weighted by molar-refractivity contribution is 5.32. The van der Waals surface area contributed by atoms with Crippen molar-refractivity contribution in [2.75, 3.05) is 0 Å². The molecule has 0 aromatic heterocycles. The third kappa shape index (κ3) is 4.18. The largest absolute Gasteiger partial charge is 0.434 e. The third-order valence-corrected chi connectivity index (χ3v) is 1.41. The van der Waals surface area contributed by atoms with Crippen LogP contribution in [0.25, 0.3) is 0 Å². The van der Waals surface area contributed by atoms with Crippen LogP contribution in [0.15, 0.2) is 24.3 Å². The number of nitrogens with two attached hydrogens (primary N) is 1. The molecule has 0 heterocycles. The molecule has 0 aliphatic carbocycles. The van der Waals surface area contributed by atoms with Gasteiger partial charge in [-0.25, -0.2) is 0 Å². The lowest BCUT2D eigenvalue weighted by atomic mass is 10.2. The Morgan fingerprint density at radius 2 is 1.93 bits per heavy atom. The lowest BCUT2D eigenvalue weighted by Crippen LogP contribution is -2.06. The molecule has 0 atom stereocenters. The monoisotopic (exact) mass is 205 g/mol. The van der Waals surface area contributed by atoms with Gasteiger partial charge in [-0.1, -0.05) is 32.0 Å². The van der Waals surface area contributed by atoms with E-state index < -0.39 is 6.61 Å². The summed E-state index contributed by atoms with van der Waals surface area (Å²) in [4.78, 5) is 0. The Bertz CT molecular complexity index is 259. The molecule has 0 radical (unpaired) electrons. The maximum absolute atomic E-state index is 11.8. The fourth-order valence-electron chi connectivity index (χ4n) is 0.883. The van der Waals surface area contributed by atoms with Crippen LogP contribution in [0.4, 0.5) is 8.78 Å². The van der Waals surface area contributed by atoms with E-state index >= 15 is 0 Å². The highest BCUT2D eigenvalue weighted by Gasteiger charge is 2.06. The summed E-state index contributed by atoms with van der Waals surface area (Å²) in [5.41, 5.74) is 5.88. The molecule has 82 valence electrons. The second-order valence-corrected chi connectivity index (χ2v) is 2.19. The van der Waals surface area contributed by atoms with Gasteiger partial charge < -0.3 is 10.5 Å². The second-order valence-electron chi connectivity index (χ2n) is 2.19. The predicted molar refractivity (Wildman–Crippen MR) is 54.4 cm³/mol. The van der Waals surface area contributed by atoms with E-state index in [-0.39, 0.29) is 13.7 Å². The standard InChI is InChI=1S/C8H9F2NO.C2H6.H2/c9-8(10)12-7-4-2-1-3-6(7)5-11;1-2;/h1-4,8H,5,11H2;1-2H3;1H. The van der Waals surface area contributed by atoms with Crippen LogP contribution in [-0.2, 0) is 6.54 Å². The zero-order valence-electron chi connectivity index (χ0n) is 8.34. The van der Waals surface area contributed by atoms with Gasteiger partial charge in [0.05, 0.1) is 0 Å². The van der Waals surface area contributed by atoms with Crippen LogP contribution in [0.5, 0.6) is 5.75 Å². The average Bonchev–Trinajstić information content (AvgIpc) is 2.21. The Labute approximate surface area is 84.2 Å². The van der Waals surface area contributed by atoms with Crippen LogP contribution >= 0.6 is 0 Å². The van der Waals surface area contributed by atoms with E-state index in [1.165, 1.54) is 6.07 Å². The number of hydrogen-bond acceptors (Lipinski definition) is 2. The summed E-state index contributed by atoms with van der Waals surface area (Å²) in [6.45, 7) is 1.40. The quantitative estimate of drug-likeness (QED) is 0.823. The van der Waals surface area contributed by atoms with Crippen molar-refractivity contribution >= 4 is 0 Å². The van der Waals surface area contributed by atoms with Crippen molar-refractivity contribution in [3.05, 3.63) is 29.8 Å². The molecule has 0 amide bonds. The van der Waals surface area contributed by atoms with Gasteiger partial charge in [-0.15, -0.1) is 0 Å². The van der Waals surface area contributed by atoms with Gasteiger partial charge in [0.2, 0.25) is 0 Å². The van der Waals surface area contributed by atoms with E-state index in [1.807, 2.05) is 13.8 Å². The molecule has 0 aliphatic rings. The van der Waals surface area contributed by atoms with Gasteiger partial charge in [0.25, 0.3) is 0 Å². The first-order chi connectivity index (χ1) is 6.74. The van der Waals surface area contributed by atoms with Gasteiger partial charge in [0, 0.05) is 13.5 Å². The molecule has 0 saturated heterocycles. The highest BCUT2D eigenvalue weighted by atomic mass is 19.3. The molecule has 0 bridgehead atoms. The summed E-state index contributed by atoms with van der Waals surface area (Å²) in [6, 6.07) is 6.46. The van der Waals surface area contributed by atoms with Crippen molar-refractivity contribution in [3.8, 4) is 5.75 Å². The molecule has 2 N–H and O–H groups in total. The van der Waals surface area contributed by atoms with E-state index in [2.05, 4.69) is 4.74 Å². The van der Waals surface area contributed by atoms with Crippen LogP contribution in [0.1, 0.15) is 20.8 Å². The Kier molecular flexibility index (Phi) is 6.66. The molecule has 0 unspecified atom stereocenters. The predicted octanol–water partition coefficient (Wildman–Crippen LogP) is 3.02. The van der Waals surface area contributed by atoms with Gasteiger partial charge in [0.1, 0.15) is 5.75 Å². The van der Waals surface area contributed by atoms with Crippen molar-refractivity contribution in [1.29, 1.82) is 0 Å². The molecule has 1 rings (SSSR count). The first-order valence-corrected chi connectivity index (χ1v) is 4.47. The minimum atomic E-state index is -2.79. The molecule has 1 aromatic rings. The van der Waals surface area contributed by atoms with Crippen LogP contribution < -0.4 is 10.5 Å². The molecule has 0 fully saturated rings. The van der Waals surface area contributed by atoms with Crippen LogP contribution in [0, 0.1) is 0 Å². The van der Waals surface area contributed by atoms with Gasteiger partial charge in [0.15, 0.2) is 0 Å². The second kappa shape index (κ2) is 7.26. The first-order valence-electron chi connectivity index (χ1n) is 4.47. The molecule has 0 aliphatic heterocycles. The molecule has 2 nitrogen and oxygen atoms in total. The third-order valence-electron chi connectivity index (χ3n) is 1.41. The molecular weight excluding hydrogens is 188 g/mol. The number of hydrogen-bond donors (Lipinski definition) is 1. The van der Waals surface area contributed by atoms with E-state index in [0.717, 1.165) is 0 Å². The topological polar surface area (TPSA) is 35.2 Å². The maximum Gasteiger partial charge on any atom is 0.387 e. The SMILES string of the molecule is CC.NCc1ccccc1OC(F)F.[HH]. The van der Waals surface area contributed by atoms with Crippen molar-refractivity contribution < 1.29 is 14.9 Å². The molecule has 14 heavy (non-hydrogen) atoms. The number of para-hydroxylation sites is 1. The van der Waals surface area contributed by atoms with Crippen LogP contribution in [0.2, 0.25) is 0 Å². The first kappa shape index (κ1) is 12.8. The molecular formula is C10H17F2NO. The number of benzene rings is 1. The number of rotatable bonds is 3. The van der Waals surface area contributed by atoms with Crippen molar-refractivity contribution in [2.45, 2.75) is 27.0 Å². The van der Waals surface area contributed by atoms with Crippen LogP contribution in [0.3, 0.4) is 0 Å². The lowest BCUT2D eigenvalue weighted by Gasteiger charge is -2.07. The van der Waals surface area contributed by atoms with E-state index in [9.17, 15) is 8.78 Å². The summed E-state index contributed by atoms with van der Waals surface area (Å²) < 4.78 is 27.8. The minimum absolute atomic E-state index is 0. The smallest absolute Gasteiger partial charge is 0.387 e. The molecule has 0 spiro atoms. The maximum atomic E-state index is 11.8. The Morgan fingerprint density at radius 1 is 1.36 bits per heavy atom. The minimum Gasteiger partial charge on any atom is -0.434 e. The summed E-state index contributed by atoms with van der Waals surface area (Å²) in [5, 5.41) is 0. The fourth-order valence-corrected chi connectivity index (χ4v) is 0.883. The molecule has 1 aromatic carbocycles. The van der Waals surface area contributed by atoms with Crippen LogP contribution in [-0.4, -0.2) is 6.61 Å². The summed E-state index contributed by atoms with van der Waals surface area (Å²) >= 11 is 0. The fraction of sp³-hybridized carbons (Fsp3) is 0.400. The summed E-state index contributed by atoms with van der Waals surface area (Å²) in [6.07, 6.45) is 0. The van der Waals surface area contributed by atoms with E-state index in [4.69, 9.17) is 5.73 Å². The van der Waals surface area contributed by atoms with Gasteiger partial charge in [-0.3, -0.25) is 0 Å². The Hall–Kier alpha value is -1.16. The molecule has 0 saturated carbocycles. The summed E-state index contributed by atoms with van der Waals surface area (Å²) in [5.74, 6) is 0.148.